The van der Waals surface area contributed by atoms with E-state index >= 15 is 0 Å². The minimum Gasteiger partial charge on any atom is -0.394 e. The van der Waals surface area contributed by atoms with Crippen LogP contribution in [0, 0.1) is 0 Å². The van der Waals surface area contributed by atoms with Crippen molar-refractivity contribution in [2.45, 2.75) is 6.04 Å². The Morgan fingerprint density at radius 2 is 1.82 bits per heavy atom. The second kappa shape index (κ2) is 4.85. The summed E-state index contributed by atoms with van der Waals surface area (Å²) in [5, 5.41) is 8.66. The highest BCUT2D eigenvalue weighted by Crippen LogP contribution is 2.06. The molecule has 11 heavy (non-hydrogen) atoms. The zero-order valence-electron chi connectivity index (χ0n) is 6.40. The molecule has 0 fully saturated rings. The summed E-state index contributed by atoms with van der Waals surface area (Å²) in [7, 11) is 0. The van der Waals surface area contributed by atoms with Gasteiger partial charge in [0.15, 0.2) is 0 Å². The fraction of sp³-hybridized carbons (Fsp3) is 0.250. The van der Waals surface area contributed by atoms with Crippen molar-refractivity contribution in [1.29, 1.82) is 0 Å². The highest BCUT2D eigenvalue weighted by atomic mass is 16.3. The van der Waals surface area contributed by atoms with Crippen LogP contribution in [-0.2, 0) is 0 Å². The summed E-state index contributed by atoms with van der Waals surface area (Å²) in [5.74, 6) is 0. The SMILES string of the molecule is N.NC(CO)c1ccccc1. The third-order valence-corrected chi connectivity index (χ3v) is 1.42. The van der Waals surface area contributed by atoms with E-state index in [2.05, 4.69) is 0 Å². The van der Waals surface area contributed by atoms with Crippen molar-refractivity contribution >= 4 is 0 Å². The molecule has 0 heterocycles. The molecule has 3 heteroatoms. The smallest absolute Gasteiger partial charge is 0.0624 e. The molecule has 1 aromatic carbocycles. The van der Waals surface area contributed by atoms with Crippen LogP contribution in [0.1, 0.15) is 11.6 Å². The van der Waals surface area contributed by atoms with Crippen molar-refractivity contribution in [3.05, 3.63) is 35.9 Å². The van der Waals surface area contributed by atoms with Crippen LogP contribution in [0.15, 0.2) is 30.3 Å². The van der Waals surface area contributed by atoms with E-state index < -0.39 is 0 Å². The summed E-state index contributed by atoms with van der Waals surface area (Å²) in [4.78, 5) is 0. The number of aliphatic hydroxyl groups is 1. The number of rotatable bonds is 2. The normalized spacial score (nSPS) is 11.8. The standard InChI is InChI=1S/C8H11NO.H3N/c9-8(6-10)7-4-2-1-3-5-7;/h1-5,8,10H,6,9H2;1H3. The molecule has 0 spiro atoms. The van der Waals surface area contributed by atoms with Gasteiger partial charge in [0.2, 0.25) is 0 Å². The first-order valence-electron chi connectivity index (χ1n) is 3.26. The predicted octanol–water partition coefficient (Wildman–Crippen LogP) is 0.841. The van der Waals surface area contributed by atoms with Gasteiger partial charge in [-0.15, -0.1) is 0 Å². The molecule has 1 atom stereocenters. The lowest BCUT2D eigenvalue weighted by Gasteiger charge is -2.06. The van der Waals surface area contributed by atoms with Crippen molar-refractivity contribution in [3.8, 4) is 0 Å². The monoisotopic (exact) mass is 154 g/mol. The molecule has 3 nitrogen and oxygen atoms in total. The zero-order chi connectivity index (χ0) is 7.40. The number of hydrogen-bond donors (Lipinski definition) is 3. The maximum absolute atomic E-state index is 8.66. The van der Waals surface area contributed by atoms with Gasteiger partial charge in [0, 0.05) is 0 Å². The van der Waals surface area contributed by atoms with Crippen molar-refractivity contribution < 1.29 is 5.11 Å². The first kappa shape index (κ1) is 10.1. The molecule has 0 aliphatic rings. The third kappa shape index (κ3) is 2.67. The lowest BCUT2D eigenvalue weighted by Crippen LogP contribution is -2.13. The van der Waals surface area contributed by atoms with Crippen LogP contribution in [0.2, 0.25) is 0 Å². The van der Waals surface area contributed by atoms with E-state index in [0.717, 1.165) is 5.56 Å². The summed E-state index contributed by atoms with van der Waals surface area (Å²) in [5.41, 5.74) is 6.52. The molecule has 1 unspecified atom stereocenters. The Kier molecular flexibility index (Phi) is 4.45. The highest BCUT2D eigenvalue weighted by molar-refractivity contribution is 5.18. The Balaban J connectivity index is 0.000001000. The van der Waals surface area contributed by atoms with E-state index in [1.54, 1.807) is 0 Å². The lowest BCUT2D eigenvalue weighted by molar-refractivity contribution is 0.268. The molecule has 0 saturated heterocycles. The second-order valence-corrected chi connectivity index (χ2v) is 2.20. The minimum atomic E-state index is -0.235. The van der Waals surface area contributed by atoms with Crippen molar-refractivity contribution in [1.82, 2.24) is 6.15 Å². The molecule has 1 rings (SSSR count). The third-order valence-electron chi connectivity index (χ3n) is 1.42. The van der Waals surface area contributed by atoms with Gasteiger partial charge in [-0.25, -0.2) is 0 Å². The van der Waals surface area contributed by atoms with E-state index in [1.807, 2.05) is 30.3 Å². The number of nitrogens with two attached hydrogens (primary N) is 1. The van der Waals surface area contributed by atoms with E-state index in [0.29, 0.717) is 0 Å². The molecular weight excluding hydrogens is 140 g/mol. The van der Waals surface area contributed by atoms with Gasteiger partial charge in [-0.1, -0.05) is 30.3 Å². The summed E-state index contributed by atoms with van der Waals surface area (Å²) < 4.78 is 0. The molecule has 6 N–H and O–H groups in total. The minimum absolute atomic E-state index is 0. The summed E-state index contributed by atoms with van der Waals surface area (Å²) in [6.07, 6.45) is 0. The summed E-state index contributed by atoms with van der Waals surface area (Å²) in [6.45, 7) is 0.00398. The summed E-state index contributed by atoms with van der Waals surface area (Å²) >= 11 is 0. The fourth-order valence-corrected chi connectivity index (χ4v) is 0.806. The van der Waals surface area contributed by atoms with Gasteiger partial charge >= 0.3 is 0 Å². The Labute approximate surface area is 66.4 Å². The second-order valence-electron chi connectivity index (χ2n) is 2.20. The van der Waals surface area contributed by atoms with Crippen LogP contribution < -0.4 is 11.9 Å². The fourth-order valence-electron chi connectivity index (χ4n) is 0.806. The Hall–Kier alpha value is -0.900. The molecule has 0 aromatic heterocycles. The summed E-state index contributed by atoms with van der Waals surface area (Å²) in [6, 6.07) is 9.31. The maximum atomic E-state index is 8.66. The van der Waals surface area contributed by atoms with E-state index in [4.69, 9.17) is 10.8 Å². The Bertz CT molecular complexity index is 189. The van der Waals surface area contributed by atoms with E-state index in [9.17, 15) is 0 Å². The molecule has 0 amide bonds. The quantitative estimate of drug-likeness (QED) is 0.590. The van der Waals surface area contributed by atoms with Crippen LogP contribution >= 0.6 is 0 Å². The largest absolute Gasteiger partial charge is 0.394 e. The first-order chi connectivity index (χ1) is 4.84. The molecule has 0 aliphatic carbocycles. The van der Waals surface area contributed by atoms with Crippen molar-refractivity contribution in [2.75, 3.05) is 6.61 Å². The molecule has 0 saturated carbocycles. The average molecular weight is 154 g/mol. The molecule has 0 aliphatic heterocycles. The van der Waals surface area contributed by atoms with E-state index in [-0.39, 0.29) is 18.8 Å². The zero-order valence-corrected chi connectivity index (χ0v) is 6.40. The van der Waals surface area contributed by atoms with Gasteiger partial charge < -0.3 is 17.0 Å². The lowest BCUT2D eigenvalue weighted by atomic mass is 10.1. The number of aliphatic hydroxyl groups excluding tert-OH is 1. The van der Waals surface area contributed by atoms with Gasteiger partial charge in [0.05, 0.1) is 12.6 Å². The van der Waals surface area contributed by atoms with Gasteiger partial charge in [0.1, 0.15) is 0 Å². The molecule has 1 aromatic rings. The van der Waals surface area contributed by atoms with Crippen molar-refractivity contribution in [3.63, 3.8) is 0 Å². The van der Waals surface area contributed by atoms with Crippen LogP contribution in [0.5, 0.6) is 0 Å². The van der Waals surface area contributed by atoms with Gasteiger partial charge in [-0.05, 0) is 5.56 Å². The van der Waals surface area contributed by atoms with Crippen LogP contribution in [0.3, 0.4) is 0 Å². The Morgan fingerprint density at radius 3 is 2.27 bits per heavy atom. The van der Waals surface area contributed by atoms with Crippen molar-refractivity contribution in [2.24, 2.45) is 5.73 Å². The molecule has 0 bridgehead atoms. The highest BCUT2D eigenvalue weighted by Gasteiger charge is 2.00. The van der Waals surface area contributed by atoms with Gasteiger partial charge in [-0.3, -0.25) is 0 Å². The topological polar surface area (TPSA) is 81.2 Å². The van der Waals surface area contributed by atoms with Gasteiger partial charge in [0.25, 0.3) is 0 Å². The molecule has 62 valence electrons. The molecule has 0 radical (unpaired) electrons. The van der Waals surface area contributed by atoms with Crippen LogP contribution in [-0.4, -0.2) is 11.7 Å². The van der Waals surface area contributed by atoms with Crippen LogP contribution in [0.25, 0.3) is 0 Å². The predicted molar refractivity (Wildman–Crippen MR) is 45.5 cm³/mol. The number of benzene rings is 1. The van der Waals surface area contributed by atoms with Gasteiger partial charge in [-0.2, -0.15) is 0 Å². The van der Waals surface area contributed by atoms with E-state index in [1.165, 1.54) is 0 Å². The number of hydrogen-bond acceptors (Lipinski definition) is 3. The Morgan fingerprint density at radius 1 is 1.27 bits per heavy atom. The average Bonchev–Trinajstić information content (AvgIpc) is 2.05. The van der Waals surface area contributed by atoms with Crippen LogP contribution in [0.4, 0.5) is 0 Å². The molecular formula is C8H14N2O. The first-order valence-corrected chi connectivity index (χ1v) is 3.26. The maximum Gasteiger partial charge on any atom is 0.0624 e.